The highest BCUT2D eigenvalue weighted by molar-refractivity contribution is 5.88. The summed E-state index contributed by atoms with van der Waals surface area (Å²) in [7, 11) is 3.34. The maximum Gasteiger partial charge on any atom is 0.241 e. The number of rotatable bonds is 7. The van der Waals surface area contributed by atoms with E-state index < -0.39 is 0 Å². The van der Waals surface area contributed by atoms with Gasteiger partial charge in [0.1, 0.15) is 12.4 Å². The number of anilines is 1. The zero-order valence-corrected chi connectivity index (χ0v) is 18.3. The van der Waals surface area contributed by atoms with Crippen molar-refractivity contribution in [1.29, 1.82) is 0 Å². The largest absolute Gasteiger partial charge is 0.382 e. The van der Waals surface area contributed by atoms with Crippen LogP contribution in [0.2, 0.25) is 0 Å². The number of carbonyl (C=O) groups is 2. The summed E-state index contributed by atoms with van der Waals surface area (Å²) in [5.41, 5.74) is 4.22. The fraction of sp³-hybridized carbons (Fsp3) is 0.455. The van der Waals surface area contributed by atoms with Gasteiger partial charge in [-0.3, -0.25) is 14.3 Å². The number of fused-ring (bicyclic) bond motifs is 3. The summed E-state index contributed by atoms with van der Waals surface area (Å²) in [5.74, 6) is 0.489. The number of likely N-dealkylation sites (N-methyl/N-ethyl adjacent to an activating group) is 1. The first-order chi connectivity index (χ1) is 14.9. The molecule has 1 aliphatic heterocycles. The van der Waals surface area contributed by atoms with Gasteiger partial charge in [-0.1, -0.05) is 0 Å². The number of carbonyl (C=O) groups excluding carboxylic acids is 2. The van der Waals surface area contributed by atoms with E-state index in [-0.39, 0.29) is 24.9 Å². The molecule has 1 atom stereocenters. The van der Waals surface area contributed by atoms with E-state index in [2.05, 4.69) is 28.7 Å². The van der Waals surface area contributed by atoms with Gasteiger partial charge in [-0.05, 0) is 38.0 Å². The quantitative estimate of drug-likeness (QED) is 0.599. The van der Waals surface area contributed by atoms with Crippen LogP contribution < -0.4 is 10.6 Å². The van der Waals surface area contributed by atoms with E-state index in [1.165, 1.54) is 10.5 Å². The van der Waals surface area contributed by atoms with Crippen LogP contribution in [0.4, 0.5) is 5.69 Å². The molecule has 2 N–H and O–H groups in total. The summed E-state index contributed by atoms with van der Waals surface area (Å²) in [5, 5.41) is 10.5. The Balaban J connectivity index is 1.63. The van der Waals surface area contributed by atoms with E-state index in [4.69, 9.17) is 4.98 Å². The lowest BCUT2D eigenvalue weighted by Gasteiger charge is -2.24. The maximum absolute atomic E-state index is 12.6. The summed E-state index contributed by atoms with van der Waals surface area (Å²) in [6, 6.07) is 6.44. The number of hydrogen-bond acceptors (Lipinski definition) is 5. The fourth-order valence-electron chi connectivity index (χ4n) is 3.93. The summed E-state index contributed by atoms with van der Waals surface area (Å²) < 4.78 is 3.82. The SMILES string of the molecule is C[C@H]1CCc2c(ccc3c2nc(CCn2cccn2)n3CC(=O)NCC(=O)N(C)C)N1. The van der Waals surface area contributed by atoms with Crippen LogP contribution in [0.25, 0.3) is 11.0 Å². The van der Waals surface area contributed by atoms with E-state index in [9.17, 15) is 9.59 Å². The number of hydrogen-bond donors (Lipinski definition) is 2. The number of aromatic nitrogens is 4. The number of aryl methyl sites for hydroxylation is 3. The average Bonchev–Trinajstić information content (AvgIpc) is 3.38. The maximum atomic E-state index is 12.6. The van der Waals surface area contributed by atoms with Crippen molar-refractivity contribution in [3.8, 4) is 0 Å². The number of benzene rings is 1. The van der Waals surface area contributed by atoms with E-state index in [1.807, 2.05) is 27.6 Å². The standard InChI is InChI=1S/C22H29N7O2/c1-15-5-6-16-17(25-15)7-8-18-22(16)26-19(9-12-28-11-4-10-24-28)29(18)14-20(30)23-13-21(31)27(2)3/h4,7-8,10-11,15,25H,5-6,9,12-14H2,1-3H3,(H,23,30)/t15-/m0/s1. The summed E-state index contributed by atoms with van der Waals surface area (Å²) in [4.78, 5) is 30.9. The zero-order valence-electron chi connectivity index (χ0n) is 18.3. The lowest BCUT2D eigenvalue weighted by atomic mass is 9.98. The number of amides is 2. The van der Waals surface area contributed by atoms with E-state index in [1.54, 1.807) is 20.3 Å². The van der Waals surface area contributed by atoms with Crippen molar-refractivity contribution < 1.29 is 9.59 Å². The predicted octanol–water partition coefficient (Wildman–Crippen LogP) is 1.43. The monoisotopic (exact) mass is 423 g/mol. The van der Waals surface area contributed by atoms with Crippen molar-refractivity contribution >= 4 is 28.5 Å². The second-order valence-corrected chi connectivity index (χ2v) is 8.24. The Morgan fingerprint density at radius 2 is 2.16 bits per heavy atom. The van der Waals surface area contributed by atoms with Crippen molar-refractivity contribution in [1.82, 2.24) is 29.5 Å². The van der Waals surface area contributed by atoms with Gasteiger partial charge in [0.2, 0.25) is 11.8 Å². The first-order valence-corrected chi connectivity index (χ1v) is 10.6. The van der Waals surface area contributed by atoms with E-state index in [0.717, 1.165) is 35.4 Å². The minimum atomic E-state index is -0.209. The van der Waals surface area contributed by atoms with Crippen LogP contribution in [-0.2, 0) is 35.5 Å². The van der Waals surface area contributed by atoms with Crippen molar-refractivity contribution in [2.24, 2.45) is 0 Å². The van der Waals surface area contributed by atoms with Crippen molar-refractivity contribution in [3.05, 3.63) is 42.0 Å². The van der Waals surface area contributed by atoms with Crippen LogP contribution >= 0.6 is 0 Å². The molecule has 31 heavy (non-hydrogen) atoms. The molecule has 0 unspecified atom stereocenters. The zero-order chi connectivity index (χ0) is 22.0. The van der Waals surface area contributed by atoms with Gasteiger partial charge in [0.25, 0.3) is 0 Å². The fourth-order valence-corrected chi connectivity index (χ4v) is 3.93. The summed E-state index contributed by atoms with van der Waals surface area (Å²) >= 11 is 0. The van der Waals surface area contributed by atoms with Gasteiger partial charge in [-0.15, -0.1) is 0 Å². The molecule has 9 nitrogen and oxygen atoms in total. The molecular weight excluding hydrogens is 394 g/mol. The lowest BCUT2D eigenvalue weighted by molar-refractivity contribution is -0.131. The molecule has 3 aromatic rings. The third-order valence-electron chi connectivity index (χ3n) is 5.69. The van der Waals surface area contributed by atoms with E-state index >= 15 is 0 Å². The van der Waals surface area contributed by atoms with Crippen LogP contribution in [-0.4, -0.2) is 62.7 Å². The predicted molar refractivity (Wildman–Crippen MR) is 119 cm³/mol. The first-order valence-electron chi connectivity index (χ1n) is 10.6. The number of nitrogens with one attached hydrogen (secondary N) is 2. The van der Waals surface area contributed by atoms with Crippen LogP contribution in [0.15, 0.2) is 30.6 Å². The molecular formula is C22H29N7O2. The highest BCUT2D eigenvalue weighted by Gasteiger charge is 2.22. The van der Waals surface area contributed by atoms with Crippen molar-refractivity contribution in [3.63, 3.8) is 0 Å². The number of nitrogens with zero attached hydrogens (tertiary/aromatic N) is 5. The molecule has 2 aromatic heterocycles. The molecule has 0 fully saturated rings. The Hall–Kier alpha value is -3.36. The molecule has 1 aromatic carbocycles. The van der Waals surface area contributed by atoms with Gasteiger partial charge in [0.05, 0.1) is 17.6 Å². The average molecular weight is 424 g/mol. The van der Waals surface area contributed by atoms with Crippen LogP contribution in [0.1, 0.15) is 24.7 Å². The summed E-state index contributed by atoms with van der Waals surface area (Å²) in [6.07, 6.45) is 6.33. The Morgan fingerprint density at radius 3 is 2.90 bits per heavy atom. The number of imidazole rings is 1. The third-order valence-corrected chi connectivity index (χ3v) is 5.69. The molecule has 2 amide bonds. The Morgan fingerprint density at radius 1 is 1.32 bits per heavy atom. The molecule has 0 saturated heterocycles. The molecule has 9 heteroatoms. The smallest absolute Gasteiger partial charge is 0.241 e. The normalized spacial score (nSPS) is 15.4. The van der Waals surface area contributed by atoms with Crippen molar-refractivity contribution in [2.75, 3.05) is 26.0 Å². The van der Waals surface area contributed by atoms with Crippen molar-refractivity contribution in [2.45, 2.75) is 45.3 Å². The van der Waals surface area contributed by atoms with Gasteiger partial charge >= 0.3 is 0 Å². The second-order valence-electron chi connectivity index (χ2n) is 8.24. The molecule has 0 spiro atoms. The highest BCUT2D eigenvalue weighted by atomic mass is 16.2. The molecule has 4 rings (SSSR count). The molecule has 0 bridgehead atoms. The van der Waals surface area contributed by atoms with Crippen LogP contribution in [0.5, 0.6) is 0 Å². The minimum absolute atomic E-state index is 0.0156. The second kappa shape index (κ2) is 8.79. The summed E-state index contributed by atoms with van der Waals surface area (Å²) in [6.45, 7) is 2.96. The molecule has 0 aliphatic carbocycles. The molecule has 0 saturated carbocycles. The van der Waals surface area contributed by atoms with Gasteiger partial charge in [0, 0.05) is 56.7 Å². The minimum Gasteiger partial charge on any atom is -0.382 e. The first kappa shape index (κ1) is 20.9. The Kier molecular flexibility index (Phi) is 5.92. The van der Waals surface area contributed by atoms with Gasteiger partial charge < -0.3 is 20.1 Å². The van der Waals surface area contributed by atoms with Gasteiger partial charge in [-0.25, -0.2) is 4.98 Å². The molecule has 164 valence electrons. The van der Waals surface area contributed by atoms with Crippen LogP contribution in [0, 0.1) is 0 Å². The topological polar surface area (TPSA) is 97.1 Å². The molecule has 3 heterocycles. The van der Waals surface area contributed by atoms with Gasteiger partial charge in [0.15, 0.2) is 0 Å². The molecule has 1 aliphatic rings. The van der Waals surface area contributed by atoms with Gasteiger partial charge in [-0.2, -0.15) is 5.10 Å². The third kappa shape index (κ3) is 4.55. The Bertz CT molecular complexity index is 1090. The molecule has 0 radical (unpaired) electrons. The Labute approximate surface area is 181 Å². The van der Waals surface area contributed by atoms with E-state index in [0.29, 0.717) is 19.0 Å². The highest BCUT2D eigenvalue weighted by Crippen LogP contribution is 2.32. The van der Waals surface area contributed by atoms with Crippen LogP contribution in [0.3, 0.4) is 0 Å². The lowest BCUT2D eigenvalue weighted by Crippen LogP contribution is -2.37.